The summed E-state index contributed by atoms with van der Waals surface area (Å²) in [6, 6.07) is 66.0. The van der Waals surface area contributed by atoms with Gasteiger partial charge in [0.1, 0.15) is 5.82 Å². The number of hydrogen-bond donors (Lipinski definition) is 0. The first kappa shape index (κ1) is 32.8. The molecule has 0 bridgehead atoms. The van der Waals surface area contributed by atoms with Gasteiger partial charge in [0.15, 0.2) is 17.4 Å². The van der Waals surface area contributed by atoms with E-state index in [-0.39, 0.29) is 21.1 Å². The van der Waals surface area contributed by atoms with Crippen molar-refractivity contribution in [1.29, 1.82) is 0 Å². The standard InChI is InChI=1S/C52H39N4.Pt/c1-52(2,39-20-14-21-41(33-39)55-35-54(3)47-26-12-13-27-48(47)55)40-28-29-45-44-22-10-11-25-46(44)56(49(45)34-40)50-32-38(30-31-53-50)51-42(36-16-6-4-7-17-36)23-15-24-43(51)37-18-8-5-9-19-37;/h4-32,35H,1-3H3;/q-1;/i3D3;. The predicted octanol–water partition coefficient (Wildman–Crippen LogP) is 12.7. The van der Waals surface area contributed by atoms with Crippen molar-refractivity contribution in [2.75, 3.05) is 0 Å². The summed E-state index contributed by atoms with van der Waals surface area (Å²) < 4.78 is 30.0. The van der Waals surface area contributed by atoms with Gasteiger partial charge in [-0.2, -0.15) is 35.9 Å². The van der Waals surface area contributed by atoms with Gasteiger partial charge in [-0.15, -0.1) is 23.1 Å². The van der Waals surface area contributed by atoms with E-state index in [1.807, 2.05) is 47.2 Å². The van der Waals surface area contributed by atoms with Crippen LogP contribution in [0.1, 0.15) is 29.1 Å². The van der Waals surface area contributed by atoms with Crippen LogP contribution < -0.4 is 0 Å². The van der Waals surface area contributed by atoms with Crippen molar-refractivity contribution in [3.8, 4) is 44.9 Å². The zero-order valence-corrected chi connectivity index (χ0v) is 33.7. The van der Waals surface area contributed by atoms with Crippen LogP contribution in [0.5, 0.6) is 0 Å². The van der Waals surface area contributed by atoms with Crippen LogP contribution in [0.2, 0.25) is 0 Å². The molecule has 5 heteroatoms. The van der Waals surface area contributed by atoms with Crippen LogP contribution in [-0.2, 0) is 33.5 Å². The maximum absolute atomic E-state index is 8.18. The number of fused-ring (bicyclic) bond motifs is 4. The molecule has 0 saturated carbocycles. The fourth-order valence-corrected chi connectivity index (χ4v) is 8.18. The van der Waals surface area contributed by atoms with E-state index in [4.69, 9.17) is 9.10 Å². The summed E-state index contributed by atoms with van der Waals surface area (Å²) in [7, 11) is 0. The zero-order valence-electron chi connectivity index (χ0n) is 34.4. The summed E-state index contributed by atoms with van der Waals surface area (Å²) in [6.45, 7) is 2.05. The molecule has 0 amide bonds. The van der Waals surface area contributed by atoms with Gasteiger partial charge in [0.05, 0.1) is 0 Å². The van der Waals surface area contributed by atoms with Gasteiger partial charge in [-0.05, 0) is 74.5 Å². The van der Waals surface area contributed by atoms with Crippen molar-refractivity contribution in [3.63, 3.8) is 0 Å². The summed E-state index contributed by atoms with van der Waals surface area (Å²) >= 11 is 0. The topological polar surface area (TPSA) is 27.7 Å². The second kappa shape index (κ2) is 14.6. The molecule has 3 heterocycles. The molecule has 4 nitrogen and oxygen atoms in total. The van der Waals surface area contributed by atoms with Crippen molar-refractivity contribution in [2.45, 2.75) is 19.3 Å². The van der Waals surface area contributed by atoms with Crippen LogP contribution in [0.4, 0.5) is 0 Å². The number of nitrogens with zero attached hydrogens (tertiary/aromatic N) is 4. The third-order valence-corrected chi connectivity index (χ3v) is 11.1. The summed E-state index contributed by atoms with van der Waals surface area (Å²) in [4.78, 5) is 5.04. The molecule has 0 aliphatic heterocycles. The smallest absolute Gasteiger partial charge is 0.188 e. The second-order valence-corrected chi connectivity index (χ2v) is 14.8. The minimum Gasteiger partial charge on any atom is -0.319 e. The molecule has 0 atom stereocenters. The maximum atomic E-state index is 8.18. The maximum Gasteiger partial charge on any atom is 0.188 e. The number of rotatable bonds is 7. The molecule has 3 aromatic heterocycles. The second-order valence-electron chi connectivity index (χ2n) is 14.8. The van der Waals surface area contributed by atoms with E-state index in [9.17, 15) is 0 Å². The Balaban J connectivity index is 0.00000462. The van der Waals surface area contributed by atoms with Crippen molar-refractivity contribution in [3.05, 3.63) is 206 Å². The average Bonchev–Trinajstić information content (AvgIpc) is 3.84. The first-order chi connectivity index (χ1) is 28.7. The molecule has 0 radical (unpaired) electrons. The Morgan fingerprint density at radius 1 is 0.579 bits per heavy atom. The Bertz CT molecular complexity index is 3130. The van der Waals surface area contributed by atoms with E-state index < -0.39 is 12.4 Å². The fraction of sp³-hybridized carbons (Fsp3) is 0.0769. The number of aryl methyl sites for hydroxylation is 1. The number of hydrogen-bond acceptors (Lipinski definition) is 1. The van der Waals surface area contributed by atoms with Crippen LogP contribution in [0, 0.1) is 12.1 Å². The van der Waals surface area contributed by atoms with Gasteiger partial charge in [-0.25, -0.2) is 14.1 Å². The van der Waals surface area contributed by atoms with Gasteiger partial charge in [-0.1, -0.05) is 116 Å². The minimum absolute atomic E-state index is 0. The van der Waals surface area contributed by atoms with Crippen LogP contribution in [-0.4, -0.2) is 18.7 Å². The molecule has 0 N–H and O–H groups in total. The van der Waals surface area contributed by atoms with Crippen LogP contribution in [0.3, 0.4) is 0 Å². The number of aromatic nitrogens is 4. The molecular formula is C52H39N4Pt-. The molecule has 7 aromatic carbocycles. The predicted molar refractivity (Wildman–Crippen MR) is 231 cm³/mol. The summed E-state index contributed by atoms with van der Waals surface area (Å²) in [6.07, 6.45) is 3.57. The third-order valence-electron chi connectivity index (χ3n) is 11.1. The van der Waals surface area contributed by atoms with E-state index in [0.29, 0.717) is 5.52 Å². The Morgan fingerprint density at radius 3 is 1.93 bits per heavy atom. The fourth-order valence-electron chi connectivity index (χ4n) is 8.18. The largest absolute Gasteiger partial charge is 0.319 e. The molecule has 0 aliphatic carbocycles. The third kappa shape index (κ3) is 6.22. The van der Waals surface area contributed by atoms with Gasteiger partial charge in [0.25, 0.3) is 0 Å². The monoisotopic (exact) mass is 917 g/mol. The Kier molecular flexibility index (Phi) is 8.43. The molecule has 57 heavy (non-hydrogen) atoms. The number of pyridine rings is 1. The van der Waals surface area contributed by atoms with Gasteiger partial charge in [0.2, 0.25) is 0 Å². The zero-order chi connectivity index (χ0) is 40.3. The molecule has 0 spiro atoms. The Hall–Kier alpha value is -6.35. The first-order valence-electron chi connectivity index (χ1n) is 20.4. The van der Waals surface area contributed by atoms with E-state index in [1.165, 1.54) is 4.57 Å². The first-order valence-corrected chi connectivity index (χ1v) is 18.9. The Labute approximate surface area is 351 Å². The SMILES string of the molecule is [2H]C([2H])([2H])n1[cH+]n(-c2[c-]c(C(C)(C)c3[c-]c4c(cc3)c3ccccc3n4-c3cc(-c4c(-c5ccccc5)cccc4-c4ccccc4)ccn3)ccc2)c2ccccc21.[Pt]. The summed E-state index contributed by atoms with van der Waals surface area (Å²) in [5.41, 5.74) is 12.4. The van der Waals surface area contributed by atoms with Gasteiger partial charge in [-0.3, -0.25) is 0 Å². The minimum atomic E-state index is -2.32. The summed E-state index contributed by atoms with van der Waals surface area (Å²) in [5, 5.41) is 2.22. The molecule has 278 valence electrons. The average molecular weight is 918 g/mol. The quantitative estimate of drug-likeness (QED) is 0.146. The van der Waals surface area contributed by atoms with Crippen molar-refractivity contribution in [2.24, 2.45) is 6.98 Å². The van der Waals surface area contributed by atoms with E-state index in [1.54, 1.807) is 6.33 Å². The molecule has 10 rings (SSSR count). The molecule has 0 fully saturated rings. The van der Waals surface area contributed by atoms with Crippen LogP contribution in [0.25, 0.3) is 77.7 Å². The van der Waals surface area contributed by atoms with E-state index in [0.717, 1.165) is 83.3 Å². The normalized spacial score (nSPS) is 12.6. The van der Waals surface area contributed by atoms with Crippen molar-refractivity contribution in [1.82, 2.24) is 18.7 Å². The summed E-state index contributed by atoms with van der Waals surface area (Å²) in [5.74, 6) is 0.803. The molecule has 0 aliphatic rings. The molecule has 0 saturated heterocycles. The molecule has 10 aromatic rings. The van der Waals surface area contributed by atoms with Gasteiger partial charge >= 0.3 is 0 Å². The van der Waals surface area contributed by atoms with Crippen molar-refractivity contribution >= 4 is 32.8 Å². The number of benzene rings is 7. The molecule has 0 unspecified atom stereocenters. The van der Waals surface area contributed by atoms with E-state index >= 15 is 0 Å². The van der Waals surface area contributed by atoms with Crippen LogP contribution in [0.15, 0.2) is 182 Å². The Morgan fingerprint density at radius 2 is 1.21 bits per heavy atom. The number of imidazole rings is 1. The van der Waals surface area contributed by atoms with E-state index in [2.05, 4.69) is 164 Å². The van der Waals surface area contributed by atoms with Gasteiger partial charge in [0, 0.05) is 61.7 Å². The molecular weight excluding hydrogens is 876 g/mol. The van der Waals surface area contributed by atoms with Crippen LogP contribution >= 0.6 is 0 Å². The number of para-hydroxylation sites is 3. The van der Waals surface area contributed by atoms with Crippen molar-refractivity contribution < 1.29 is 25.2 Å². The van der Waals surface area contributed by atoms with Gasteiger partial charge < -0.3 is 4.57 Å².